The maximum absolute atomic E-state index is 12.2. The Labute approximate surface area is 161 Å². The van der Waals surface area contributed by atoms with Crippen molar-refractivity contribution in [2.24, 2.45) is 0 Å². The van der Waals surface area contributed by atoms with Gasteiger partial charge in [0, 0.05) is 24.2 Å². The summed E-state index contributed by atoms with van der Waals surface area (Å²) in [5.41, 5.74) is 1.35. The number of carbonyl (C=O) groups excluding carboxylic acids is 2. The number of hydrogen-bond donors (Lipinski definition) is 1. The Hall–Kier alpha value is -2.90. The number of hydrogen-bond acceptors (Lipinski definition) is 5. The van der Waals surface area contributed by atoms with Crippen LogP contribution in [0.1, 0.15) is 41.0 Å². The summed E-state index contributed by atoms with van der Waals surface area (Å²) in [6.45, 7) is -0.512. The molecule has 1 fully saturated rings. The van der Waals surface area contributed by atoms with Gasteiger partial charge >= 0.3 is 6.43 Å². The Bertz CT molecular complexity index is 835. The van der Waals surface area contributed by atoms with Gasteiger partial charge < -0.3 is 10.1 Å². The molecule has 0 saturated heterocycles. The largest absolute Gasteiger partial charge is 0.497 e. The van der Waals surface area contributed by atoms with E-state index in [0.717, 1.165) is 25.0 Å². The van der Waals surface area contributed by atoms with Crippen molar-refractivity contribution >= 4 is 11.7 Å². The van der Waals surface area contributed by atoms with E-state index in [-0.39, 0.29) is 11.0 Å². The third-order valence-corrected chi connectivity index (χ3v) is 5.16. The van der Waals surface area contributed by atoms with Crippen molar-refractivity contribution in [1.29, 1.82) is 0 Å². The molecule has 0 radical (unpaired) electrons. The average molecular weight is 389 g/mol. The van der Waals surface area contributed by atoms with Gasteiger partial charge in [0.05, 0.1) is 19.2 Å². The van der Waals surface area contributed by atoms with Crippen LogP contribution in [0, 0.1) is 0 Å². The summed E-state index contributed by atoms with van der Waals surface area (Å²) in [7, 11) is 1.63. The highest BCUT2D eigenvalue weighted by Crippen LogP contribution is 2.46. The molecule has 1 aliphatic rings. The average Bonchev–Trinajstić information content (AvgIpc) is 2.69. The van der Waals surface area contributed by atoms with Crippen molar-refractivity contribution in [3.8, 4) is 5.75 Å². The zero-order valence-electron chi connectivity index (χ0n) is 15.5. The van der Waals surface area contributed by atoms with Gasteiger partial charge in [-0.15, -0.1) is 0 Å². The van der Waals surface area contributed by atoms with E-state index in [1.165, 1.54) is 18.0 Å². The number of aromatic nitrogens is 2. The van der Waals surface area contributed by atoms with Gasteiger partial charge in [-0.05, 0) is 30.5 Å². The molecule has 0 spiro atoms. The first-order valence-corrected chi connectivity index (χ1v) is 8.98. The molecule has 28 heavy (non-hydrogen) atoms. The number of nitrogens with zero attached hydrogens (tertiary/aromatic N) is 2. The number of amides is 1. The summed E-state index contributed by atoms with van der Waals surface area (Å²) < 4.78 is 29.5. The molecular weight excluding hydrogens is 368 g/mol. The molecule has 148 valence electrons. The number of halogens is 2. The molecule has 0 bridgehead atoms. The van der Waals surface area contributed by atoms with E-state index in [0.29, 0.717) is 12.2 Å². The predicted molar refractivity (Wildman–Crippen MR) is 97.6 cm³/mol. The quantitative estimate of drug-likeness (QED) is 0.702. The maximum Gasteiger partial charge on any atom is 0.315 e. The van der Waals surface area contributed by atoms with Gasteiger partial charge in [0.25, 0.3) is 5.91 Å². The number of methoxy groups -OCH3 is 1. The first-order chi connectivity index (χ1) is 13.4. The molecule has 2 aromatic rings. The first-order valence-electron chi connectivity index (χ1n) is 8.98. The highest BCUT2D eigenvalue weighted by Gasteiger charge is 2.39. The summed E-state index contributed by atoms with van der Waals surface area (Å²) in [5, 5.41) is 1.88. The van der Waals surface area contributed by atoms with E-state index < -0.39 is 24.7 Å². The Kier molecular flexibility index (Phi) is 5.96. The van der Waals surface area contributed by atoms with Crippen LogP contribution in [0.2, 0.25) is 0 Å². The second kappa shape index (κ2) is 8.41. The zero-order chi connectivity index (χ0) is 20.1. The zero-order valence-corrected chi connectivity index (χ0v) is 15.5. The fourth-order valence-corrected chi connectivity index (χ4v) is 3.35. The van der Waals surface area contributed by atoms with Crippen molar-refractivity contribution in [1.82, 2.24) is 15.3 Å². The molecule has 6 nitrogen and oxygen atoms in total. The van der Waals surface area contributed by atoms with Gasteiger partial charge in [0.1, 0.15) is 11.6 Å². The fraction of sp³-hybridized carbons (Fsp3) is 0.400. The van der Waals surface area contributed by atoms with Gasteiger partial charge in [-0.25, -0.2) is 9.97 Å². The lowest BCUT2D eigenvalue weighted by molar-refractivity contribution is -0.131. The van der Waals surface area contributed by atoms with E-state index in [9.17, 15) is 18.4 Å². The Morgan fingerprint density at radius 3 is 2.32 bits per heavy atom. The predicted octanol–water partition coefficient (Wildman–Crippen LogP) is 2.71. The van der Waals surface area contributed by atoms with Crippen molar-refractivity contribution in [2.45, 2.75) is 37.5 Å². The molecule has 0 unspecified atom stereocenters. The molecule has 1 aliphatic carbocycles. The van der Waals surface area contributed by atoms with Crippen LogP contribution < -0.4 is 10.1 Å². The van der Waals surface area contributed by atoms with Crippen molar-refractivity contribution in [2.75, 3.05) is 13.7 Å². The highest BCUT2D eigenvalue weighted by molar-refractivity contribution is 5.99. The van der Waals surface area contributed by atoms with E-state index in [1.807, 2.05) is 17.4 Å². The highest BCUT2D eigenvalue weighted by atomic mass is 19.3. The minimum Gasteiger partial charge on any atom is -0.497 e. The van der Waals surface area contributed by atoms with Crippen molar-refractivity contribution in [3.05, 3.63) is 53.6 Å². The Morgan fingerprint density at radius 2 is 1.82 bits per heavy atom. The minimum atomic E-state index is -3.15. The number of nitrogens with one attached hydrogen (secondary N) is 1. The molecule has 8 heteroatoms. The number of ketones is 1. The van der Waals surface area contributed by atoms with Crippen LogP contribution in [-0.2, 0) is 16.6 Å². The van der Waals surface area contributed by atoms with E-state index >= 15 is 0 Å². The first kappa shape index (κ1) is 19.9. The third kappa shape index (κ3) is 4.32. The van der Waals surface area contributed by atoms with Crippen LogP contribution in [0.4, 0.5) is 8.78 Å². The molecular formula is C20H21F2N3O3. The normalized spacial score (nSPS) is 15.0. The molecule has 0 aliphatic heterocycles. The molecule has 0 atom stereocenters. The lowest BCUT2D eigenvalue weighted by atomic mass is 9.62. The second-order valence-electron chi connectivity index (χ2n) is 6.87. The topological polar surface area (TPSA) is 81.2 Å². The summed E-state index contributed by atoms with van der Waals surface area (Å²) in [4.78, 5) is 31.4. The molecule has 3 rings (SSSR count). The molecule has 1 N–H and O–H groups in total. The lowest BCUT2D eigenvalue weighted by Crippen LogP contribution is -2.37. The summed E-state index contributed by atoms with van der Waals surface area (Å²) in [5.74, 6) is -0.577. The number of Topliss-reactive ketones (excluding diaryl/α,β-unsaturated/α-hetero) is 1. The molecule has 1 saturated carbocycles. The standard InChI is InChI=1S/C20H21F2N3O3/c1-28-15-5-3-14(4-6-15)20(7-2-8-20)9-17-23-10-13(11-24-17)16(26)12-25-19(27)18(21)22/h3-6,10-11,18H,2,7-9,12H2,1H3,(H,25,27). The van der Waals surface area contributed by atoms with Gasteiger partial charge in [-0.2, -0.15) is 8.78 Å². The number of benzene rings is 1. The van der Waals surface area contributed by atoms with Crippen LogP contribution in [0.3, 0.4) is 0 Å². The van der Waals surface area contributed by atoms with E-state index in [4.69, 9.17) is 4.74 Å². The summed E-state index contributed by atoms with van der Waals surface area (Å²) >= 11 is 0. The number of rotatable bonds is 8. The Balaban J connectivity index is 1.65. The van der Waals surface area contributed by atoms with Crippen molar-refractivity contribution in [3.63, 3.8) is 0 Å². The SMILES string of the molecule is COc1ccc(C2(Cc3ncc(C(=O)CNC(=O)C(F)F)cn3)CCC2)cc1. The molecule has 1 aromatic heterocycles. The maximum atomic E-state index is 12.2. The lowest BCUT2D eigenvalue weighted by Gasteiger charge is -2.42. The van der Waals surface area contributed by atoms with Gasteiger partial charge in [0.2, 0.25) is 0 Å². The number of ether oxygens (including phenoxy) is 1. The molecule has 1 aromatic carbocycles. The van der Waals surface area contributed by atoms with Crippen molar-refractivity contribution < 1.29 is 23.1 Å². The Morgan fingerprint density at radius 1 is 1.18 bits per heavy atom. The van der Waals surface area contributed by atoms with Gasteiger partial charge in [0.15, 0.2) is 5.78 Å². The van der Waals surface area contributed by atoms with E-state index in [1.54, 1.807) is 7.11 Å². The smallest absolute Gasteiger partial charge is 0.315 e. The van der Waals surface area contributed by atoms with Crippen LogP contribution >= 0.6 is 0 Å². The van der Waals surface area contributed by atoms with Crippen LogP contribution in [-0.4, -0.2) is 41.7 Å². The molecule has 1 amide bonds. The third-order valence-electron chi connectivity index (χ3n) is 5.16. The van der Waals surface area contributed by atoms with Gasteiger partial charge in [-0.1, -0.05) is 18.6 Å². The monoisotopic (exact) mass is 389 g/mol. The van der Waals surface area contributed by atoms with Crippen LogP contribution in [0.25, 0.3) is 0 Å². The molecule has 1 heterocycles. The fourth-order valence-electron chi connectivity index (χ4n) is 3.35. The number of carbonyl (C=O) groups is 2. The van der Waals surface area contributed by atoms with Crippen LogP contribution in [0.15, 0.2) is 36.7 Å². The van der Waals surface area contributed by atoms with E-state index in [2.05, 4.69) is 22.1 Å². The number of alkyl halides is 2. The van der Waals surface area contributed by atoms with Crippen LogP contribution in [0.5, 0.6) is 5.75 Å². The summed E-state index contributed by atoms with van der Waals surface area (Å²) in [6, 6.07) is 7.99. The summed E-state index contributed by atoms with van der Waals surface area (Å²) in [6.07, 6.45) is 3.44. The second-order valence-corrected chi connectivity index (χ2v) is 6.87. The minimum absolute atomic E-state index is 0.0248. The van der Waals surface area contributed by atoms with Gasteiger partial charge in [-0.3, -0.25) is 9.59 Å².